The molecular weight excluding hydrogens is 270 g/mol. The van der Waals surface area contributed by atoms with Crippen molar-refractivity contribution < 1.29 is 9.90 Å². The molecule has 1 aromatic rings. The number of hydrogen-bond acceptors (Lipinski definition) is 4. The first kappa shape index (κ1) is 15.5. The molecule has 7 heteroatoms. The van der Waals surface area contributed by atoms with Gasteiger partial charge in [0.2, 0.25) is 0 Å². The fraction of sp³-hybridized carbons (Fsp3) is 0.714. The van der Waals surface area contributed by atoms with E-state index in [4.69, 9.17) is 10.8 Å². The number of nitrogen functional groups attached to an aromatic ring is 1. The zero-order valence-electron chi connectivity index (χ0n) is 12.9. The summed E-state index contributed by atoms with van der Waals surface area (Å²) in [6.07, 6.45) is 2.53. The van der Waals surface area contributed by atoms with Gasteiger partial charge in [0.05, 0.1) is 11.9 Å². The molecule has 1 amide bonds. The highest BCUT2D eigenvalue weighted by Crippen LogP contribution is 2.33. The molecule has 1 atom stereocenters. The Labute approximate surface area is 124 Å². The molecule has 1 aliphatic rings. The predicted molar refractivity (Wildman–Crippen MR) is 82.3 cm³/mol. The topological polar surface area (TPSA) is 107 Å². The molecule has 0 aromatic carbocycles. The van der Waals surface area contributed by atoms with Gasteiger partial charge in [0.25, 0.3) is 0 Å². The SMILES string of the molecule is CC(C)(C)C(NC(=O)O)C1CCN(c2[nH]ncc2N)CC1. The summed E-state index contributed by atoms with van der Waals surface area (Å²) >= 11 is 0. The van der Waals surface area contributed by atoms with E-state index in [1.807, 2.05) is 0 Å². The van der Waals surface area contributed by atoms with Crippen molar-refractivity contribution in [3.8, 4) is 0 Å². The van der Waals surface area contributed by atoms with Gasteiger partial charge in [-0.3, -0.25) is 5.10 Å². The zero-order chi connectivity index (χ0) is 15.6. The standard InChI is InChI=1S/C14H25N5O2/c1-14(2,3)11(17-13(20)21)9-4-6-19(7-5-9)12-10(15)8-16-18-12/h8-9,11,17H,4-7,15H2,1-3H3,(H,16,18)(H,20,21). The second-order valence-electron chi connectivity index (χ2n) is 6.79. The van der Waals surface area contributed by atoms with Crippen LogP contribution in [0, 0.1) is 11.3 Å². The lowest BCUT2D eigenvalue weighted by molar-refractivity contribution is 0.142. The number of piperidine rings is 1. The van der Waals surface area contributed by atoms with Gasteiger partial charge in [-0.25, -0.2) is 4.79 Å². The van der Waals surface area contributed by atoms with Crippen molar-refractivity contribution in [3.05, 3.63) is 6.20 Å². The van der Waals surface area contributed by atoms with E-state index in [-0.39, 0.29) is 11.5 Å². The lowest BCUT2D eigenvalue weighted by atomic mass is 9.75. The van der Waals surface area contributed by atoms with Crippen molar-refractivity contribution in [3.63, 3.8) is 0 Å². The van der Waals surface area contributed by atoms with E-state index in [0.29, 0.717) is 11.6 Å². The van der Waals surface area contributed by atoms with Crippen LogP contribution in [0.15, 0.2) is 6.20 Å². The van der Waals surface area contributed by atoms with Gasteiger partial charge in [-0.15, -0.1) is 0 Å². The normalized spacial score (nSPS) is 18.5. The second kappa shape index (κ2) is 5.83. The summed E-state index contributed by atoms with van der Waals surface area (Å²) in [6.45, 7) is 7.93. The Morgan fingerprint density at radius 3 is 2.57 bits per heavy atom. The van der Waals surface area contributed by atoms with Crippen molar-refractivity contribution in [1.29, 1.82) is 0 Å². The number of nitrogens with one attached hydrogen (secondary N) is 2. The molecule has 0 radical (unpaired) electrons. The van der Waals surface area contributed by atoms with Gasteiger partial charge < -0.3 is 21.1 Å². The first-order valence-corrected chi connectivity index (χ1v) is 7.32. The number of nitrogens with two attached hydrogens (primary N) is 1. The Bertz CT molecular complexity index is 486. The number of anilines is 2. The minimum Gasteiger partial charge on any atom is -0.465 e. The van der Waals surface area contributed by atoms with Gasteiger partial charge in [0.15, 0.2) is 0 Å². The van der Waals surface area contributed by atoms with Crippen LogP contribution >= 0.6 is 0 Å². The number of aromatic nitrogens is 2. The van der Waals surface area contributed by atoms with Crippen molar-refractivity contribution in [1.82, 2.24) is 15.5 Å². The molecule has 1 saturated heterocycles. The zero-order valence-corrected chi connectivity index (χ0v) is 12.9. The first-order chi connectivity index (χ1) is 9.79. The molecule has 5 N–H and O–H groups in total. The smallest absolute Gasteiger partial charge is 0.404 e. The number of nitrogens with zero attached hydrogens (tertiary/aromatic N) is 2. The molecular formula is C14H25N5O2. The highest BCUT2D eigenvalue weighted by Gasteiger charge is 2.35. The van der Waals surface area contributed by atoms with Crippen LogP contribution in [0.2, 0.25) is 0 Å². The van der Waals surface area contributed by atoms with E-state index < -0.39 is 6.09 Å². The van der Waals surface area contributed by atoms with E-state index >= 15 is 0 Å². The van der Waals surface area contributed by atoms with Crippen molar-refractivity contribution >= 4 is 17.6 Å². The Kier molecular flexibility index (Phi) is 4.29. The van der Waals surface area contributed by atoms with Crippen LogP contribution < -0.4 is 16.0 Å². The summed E-state index contributed by atoms with van der Waals surface area (Å²) in [5.41, 5.74) is 6.43. The van der Waals surface area contributed by atoms with Crippen LogP contribution in [0.25, 0.3) is 0 Å². The van der Waals surface area contributed by atoms with E-state index in [2.05, 4.69) is 41.2 Å². The molecule has 0 saturated carbocycles. The number of H-pyrrole nitrogens is 1. The summed E-state index contributed by atoms with van der Waals surface area (Å²) in [5.74, 6) is 1.20. The molecule has 1 fully saturated rings. The Morgan fingerprint density at radius 1 is 1.52 bits per heavy atom. The van der Waals surface area contributed by atoms with E-state index in [0.717, 1.165) is 31.7 Å². The lowest BCUT2D eigenvalue weighted by Crippen LogP contribution is -2.51. The molecule has 7 nitrogen and oxygen atoms in total. The maximum absolute atomic E-state index is 11.0. The van der Waals surface area contributed by atoms with Crippen LogP contribution in [0.4, 0.5) is 16.3 Å². The average Bonchev–Trinajstić information content (AvgIpc) is 2.81. The molecule has 0 spiro atoms. The third-order valence-electron chi connectivity index (χ3n) is 4.19. The molecule has 1 aromatic heterocycles. The van der Waals surface area contributed by atoms with Gasteiger partial charge >= 0.3 is 6.09 Å². The van der Waals surface area contributed by atoms with E-state index in [1.165, 1.54) is 0 Å². The quantitative estimate of drug-likeness (QED) is 0.681. The highest BCUT2D eigenvalue weighted by atomic mass is 16.4. The summed E-state index contributed by atoms with van der Waals surface area (Å²) in [6, 6.07) is -0.0451. The molecule has 118 valence electrons. The molecule has 1 unspecified atom stereocenters. The van der Waals surface area contributed by atoms with Gasteiger partial charge in [0.1, 0.15) is 5.82 Å². The molecule has 0 aliphatic carbocycles. The summed E-state index contributed by atoms with van der Waals surface area (Å²) < 4.78 is 0. The van der Waals surface area contributed by atoms with Crippen LogP contribution in [-0.2, 0) is 0 Å². The molecule has 2 heterocycles. The number of carbonyl (C=O) groups is 1. The van der Waals surface area contributed by atoms with Crippen molar-refractivity contribution in [2.75, 3.05) is 23.7 Å². The molecule has 21 heavy (non-hydrogen) atoms. The molecule has 0 bridgehead atoms. The highest BCUT2D eigenvalue weighted by molar-refractivity contribution is 5.65. The van der Waals surface area contributed by atoms with Gasteiger partial charge in [-0.1, -0.05) is 20.8 Å². The van der Waals surface area contributed by atoms with Crippen LogP contribution in [0.3, 0.4) is 0 Å². The number of aromatic amines is 1. The molecule has 2 rings (SSSR count). The Hall–Kier alpha value is -1.92. The number of amides is 1. The maximum Gasteiger partial charge on any atom is 0.404 e. The average molecular weight is 295 g/mol. The third-order valence-corrected chi connectivity index (χ3v) is 4.19. The summed E-state index contributed by atoms with van der Waals surface area (Å²) in [7, 11) is 0. The van der Waals surface area contributed by atoms with Gasteiger partial charge in [0, 0.05) is 19.1 Å². The second-order valence-corrected chi connectivity index (χ2v) is 6.79. The lowest BCUT2D eigenvalue weighted by Gasteiger charge is -2.41. The summed E-state index contributed by atoms with van der Waals surface area (Å²) in [4.78, 5) is 13.2. The maximum atomic E-state index is 11.0. The van der Waals surface area contributed by atoms with Gasteiger partial charge in [-0.05, 0) is 24.2 Å². The van der Waals surface area contributed by atoms with Crippen molar-refractivity contribution in [2.24, 2.45) is 11.3 Å². The third kappa shape index (κ3) is 3.59. The van der Waals surface area contributed by atoms with Crippen molar-refractivity contribution in [2.45, 2.75) is 39.7 Å². The number of rotatable bonds is 3. The monoisotopic (exact) mass is 295 g/mol. The van der Waals surface area contributed by atoms with E-state index in [1.54, 1.807) is 6.20 Å². The van der Waals surface area contributed by atoms with E-state index in [9.17, 15) is 4.79 Å². The van der Waals surface area contributed by atoms with Crippen LogP contribution in [-0.4, -0.2) is 40.5 Å². The predicted octanol–water partition coefficient (Wildman–Crippen LogP) is 1.89. The number of hydrogen-bond donors (Lipinski definition) is 4. The first-order valence-electron chi connectivity index (χ1n) is 7.32. The largest absolute Gasteiger partial charge is 0.465 e. The van der Waals surface area contributed by atoms with Crippen LogP contribution in [0.1, 0.15) is 33.6 Å². The minimum absolute atomic E-state index is 0.0451. The number of carboxylic acid groups (broad SMARTS) is 1. The fourth-order valence-electron chi connectivity index (χ4n) is 3.17. The minimum atomic E-state index is -0.949. The summed E-state index contributed by atoms with van der Waals surface area (Å²) in [5, 5.41) is 18.6. The Balaban J connectivity index is 2.01. The van der Waals surface area contributed by atoms with Gasteiger partial charge in [-0.2, -0.15) is 5.10 Å². The Morgan fingerprint density at radius 2 is 2.14 bits per heavy atom. The van der Waals surface area contributed by atoms with Crippen LogP contribution in [0.5, 0.6) is 0 Å². The molecule has 1 aliphatic heterocycles. The fourth-order valence-corrected chi connectivity index (χ4v) is 3.17.